The summed E-state index contributed by atoms with van der Waals surface area (Å²) in [6, 6.07) is 16.6. The first-order valence-corrected chi connectivity index (χ1v) is 9.38. The molecule has 2 aromatic rings. The molecule has 1 heterocycles. The quantitative estimate of drug-likeness (QED) is 0.750. The molecule has 1 aliphatic rings. The van der Waals surface area contributed by atoms with Gasteiger partial charge in [0.15, 0.2) is 0 Å². The fourth-order valence-corrected chi connectivity index (χ4v) is 3.33. The number of nitrogens with zero attached hydrogens (tertiary/aromatic N) is 1. The van der Waals surface area contributed by atoms with Crippen LogP contribution in [0, 0.1) is 5.92 Å². The Bertz CT molecular complexity index is 833. The Hall–Kier alpha value is -3.15. The highest BCUT2D eigenvalue weighted by molar-refractivity contribution is 5.97. The fraction of sp³-hybridized carbons (Fsp3) is 0.318. The predicted molar refractivity (Wildman–Crippen MR) is 106 cm³/mol. The lowest BCUT2D eigenvalue weighted by Gasteiger charge is -2.16. The van der Waals surface area contributed by atoms with Crippen LogP contribution in [-0.4, -0.2) is 42.9 Å². The van der Waals surface area contributed by atoms with Crippen LogP contribution in [0.5, 0.6) is 0 Å². The molecule has 6 nitrogen and oxygen atoms in total. The lowest BCUT2D eigenvalue weighted by molar-refractivity contribution is -0.128. The zero-order chi connectivity index (χ0) is 19.9. The lowest BCUT2D eigenvalue weighted by Crippen LogP contribution is -2.29. The number of rotatable bonds is 7. The number of esters is 1. The standard InChI is InChI=1S/C22H24N2O4/c1-28-22(27)17-9-11-19(12-10-17)23-21(26)18-14-20(25)24(15-18)13-5-8-16-6-3-2-4-7-16/h2-4,6-7,9-12,18H,5,8,13-15H2,1H3,(H,23,26). The number of hydrogen-bond acceptors (Lipinski definition) is 4. The topological polar surface area (TPSA) is 75.7 Å². The normalized spacial score (nSPS) is 16.1. The molecule has 2 aromatic carbocycles. The molecule has 3 rings (SSSR count). The molecule has 146 valence electrons. The maximum Gasteiger partial charge on any atom is 0.337 e. The van der Waals surface area contributed by atoms with Gasteiger partial charge in [0, 0.05) is 25.2 Å². The maximum atomic E-state index is 12.5. The number of likely N-dealkylation sites (tertiary alicyclic amines) is 1. The third-order valence-electron chi connectivity index (χ3n) is 4.90. The Morgan fingerprint density at radius 2 is 1.82 bits per heavy atom. The monoisotopic (exact) mass is 380 g/mol. The van der Waals surface area contributed by atoms with Gasteiger partial charge < -0.3 is 15.0 Å². The summed E-state index contributed by atoms with van der Waals surface area (Å²) in [6.45, 7) is 1.10. The summed E-state index contributed by atoms with van der Waals surface area (Å²) >= 11 is 0. The molecule has 1 aliphatic heterocycles. The Morgan fingerprint density at radius 3 is 2.50 bits per heavy atom. The molecule has 1 saturated heterocycles. The van der Waals surface area contributed by atoms with E-state index in [-0.39, 0.29) is 24.2 Å². The molecule has 0 bridgehead atoms. The molecule has 0 radical (unpaired) electrons. The Balaban J connectivity index is 1.48. The minimum absolute atomic E-state index is 0.0225. The van der Waals surface area contributed by atoms with Crippen LogP contribution in [0.15, 0.2) is 54.6 Å². The van der Waals surface area contributed by atoms with E-state index in [1.165, 1.54) is 12.7 Å². The number of hydrogen-bond donors (Lipinski definition) is 1. The van der Waals surface area contributed by atoms with Crippen LogP contribution >= 0.6 is 0 Å². The second kappa shape index (κ2) is 9.17. The third kappa shape index (κ3) is 4.97. The second-order valence-corrected chi connectivity index (χ2v) is 6.89. The first kappa shape index (κ1) is 19.6. The van der Waals surface area contributed by atoms with Crippen LogP contribution in [0.3, 0.4) is 0 Å². The molecule has 1 atom stereocenters. The first-order valence-electron chi connectivity index (χ1n) is 9.38. The smallest absolute Gasteiger partial charge is 0.337 e. The zero-order valence-electron chi connectivity index (χ0n) is 15.9. The van der Waals surface area contributed by atoms with E-state index >= 15 is 0 Å². The molecule has 0 aliphatic carbocycles. The Labute approximate surface area is 164 Å². The van der Waals surface area contributed by atoms with Gasteiger partial charge in [-0.25, -0.2) is 4.79 Å². The van der Waals surface area contributed by atoms with Gasteiger partial charge in [0.1, 0.15) is 0 Å². The third-order valence-corrected chi connectivity index (χ3v) is 4.90. The van der Waals surface area contributed by atoms with Gasteiger partial charge in [0.25, 0.3) is 0 Å². The molecule has 2 amide bonds. The van der Waals surface area contributed by atoms with Crippen molar-refractivity contribution in [2.75, 3.05) is 25.5 Å². The SMILES string of the molecule is COC(=O)c1ccc(NC(=O)C2CC(=O)N(CCCc3ccccc3)C2)cc1. The largest absolute Gasteiger partial charge is 0.465 e. The van der Waals surface area contributed by atoms with E-state index in [2.05, 4.69) is 22.2 Å². The maximum absolute atomic E-state index is 12.5. The second-order valence-electron chi connectivity index (χ2n) is 6.89. The number of aryl methyl sites for hydroxylation is 1. The van der Waals surface area contributed by atoms with Gasteiger partial charge in [-0.05, 0) is 42.7 Å². The minimum atomic E-state index is -0.426. The summed E-state index contributed by atoms with van der Waals surface area (Å²) in [4.78, 5) is 37.9. The number of carbonyl (C=O) groups is 3. The summed E-state index contributed by atoms with van der Waals surface area (Å²) in [5.41, 5.74) is 2.26. The van der Waals surface area contributed by atoms with E-state index < -0.39 is 5.97 Å². The van der Waals surface area contributed by atoms with E-state index in [0.29, 0.717) is 24.3 Å². The minimum Gasteiger partial charge on any atom is -0.465 e. The molecule has 1 fully saturated rings. The van der Waals surface area contributed by atoms with Crippen molar-refractivity contribution in [3.05, 3.63) is 65.7 Å². The molecular weight excluding hydrogens is 356 g/mol. The van der Waals surface area contributed by atoms with Gasteiger partial charge in [-0.15, -0.1) is 0 Å². The van der Waals surface area contributed by atoms with Gasteiger partial charge >= 0.3 is 5.97 Å². The Kier molecular flexibility index (Phi) is 6.42. The highest BCUT2D eigenvalue weighted by Gasteiger charge is 2.33. The number of benzene rings is 2. The van der Waals surface area contributed by atoms with E-state index in [1.807, 2.05) is 18.2 Å². The van der Waals surface area contributed by atoms with E-state index in [9.17, 15) is 14.4 Å². The van der Waals surface area contributed by atoms with Crippen molar-refractivity contribution in [1.82, 2.24) is 4.90 Å². The van der Waals surface area contributed by atoms with Gasteiger partial charge in [-0.1, -0.05) is 30.3 Å². The van der Waals surface area contributed by atoms with Crippen molar-refractivity contribution in [1.29, 1.82) is 0 Å². The average molecular weight is 380 g/mol. The van der Waals surface area contributed by atoms with Crippen molar-refractivity contribution in [2.24, 2.45) is 5.92 Å². The first-order chi connectivity index (χ1) is 13.6. The number of carbonyl (C=O) groups excluding carboxylic acids is 3. The molecule has 28 heavy (non-hydrogen) atoms. The zero-order valence-corrected chi connectivity index (χ0v) is 15.9. The molecule has 0 saturated carbocycles. The van der Waals surface area contributed by atoms with Gasteiger partial charge in [-0.2, -0.15) is 0 Å². The van der Waals surface area contributed by atoms with Crippen molar-refractivity contribution >= 4 is 23.5 Å². The van der Waals surface area contributed by atoms with Crippen molar-refractivity contribution in [2.45, 2.75) is 19.3 Å². The number of amides is 2. The summed E-state index contributed by atoms with van der Waals surface area (Å²) in [7, 11) is 1.32. The van der Waals surface area contributed by atoms with Crippen molar-refractivity contribution < 1.29 is 19.1 Å². The summed E-state index contributed by atoms with van der Waals surface area (Å²) < 4.78 is 4.65. The van der Waals surface area contributed by atoms with Crippen molar-refractivity contribution in [3.8, 4) is 0 Å². The Morgan fingerprint density at radius 1 is 1.11 bits per heavy atom. The molecule has 6 heteroatoms. The van der Waals surface area contributed by atoms with E-state index in [0.717, 1.165) is 12.8 Å². The molecule has 1 unspecified atom stereocenters. The van der Waals surface area contributed by atoms with Crippen LogP contribution in [-0.2, 0) is 20.7 Å². The molecule has 1 N–H and O–H groups in total. The predicted octanol–water partition coefficient (Wildman–Crippen LogP) is 2.89. The van der Waals surface area contributed by atoms with Crippen LogP contribution < -0.4 is 5.32 Å². The summed E-state index contributed by atoms with van der Waals surface area (Å²) in [5.74, 6) is -0.936. The highest BCUT2D eigenvalue weighted by atomic mass is 16.5. The fourth-order valence-electron chi connectivity index (χ4n) is 3.33. The van der Waals surface area contributed by atoms with Crippen LogP contribution in [0.2, 0.25) is 0 Å². The molecule has 0 spiro atoms. The van der Waals surface area contributed by atoms with Gasteiger partial charge in [-0.3, -0.25) is 9.59 Å². The van der Waals surface area contributed by atoms with E-state index in [4.69, 9.17) is 0 Å². The number of nitrogens with one attached hydrogen (secondary N) is 1. The van der Waals surface area contributed by atoms with Crippen LogP contribution in [0.25, 0.3) is 0 Å². The lowest BCUT2D eigenvalue weighted by atomic mass is 10.1. The number of anilines is 1. The van der Waals surface area contributed by atoms with Crippen LogP contribution in [0.4, 0.5) is 5.69 Å². The summed E-state index contributed by atoms with van der Waals surface area (Å²) in [6.07, 6.45) is 2.02. The van der Waals surface area contributed by atoms with Gasteiger partial charge in [0.05, 0.1) is 18.6 Å². The summed E-state index contributed by atoms with van der Waals surface area (Å²) in [5, 5.41) is 2.82. The molecular formula is C22H24N2O4. The highest BCUT2D eigenvalue weighted by Crippen LogP contribution is 2.21. The average Bonchev–Trinajstić information content (AvgIpc) is 3.09. The van der Waals surface area contributed by atoms with Gasteiger partial charge in [0.2, 0.25) is 11.8 Å². The van der Waals surface area contributed by atoms with E-state index in [1.54, 1.807) is 29.2 Å². The molecule has 0 aromatic heterocycles. The van der Waals surface area contributed by atoms with Crippen molar-refractivity contribution in [3.63, 3.8) is 0 Å². The number of ether oxygens (including phenoxy) is 1. The number of methoxy groups -OCH3 is 1. The van der Waals surface area contributed by atoms with Crippen LogP contribution in [0.1, 0.15) is 28.8 Å².